The summed E-state index contributed by atoms with van der Waals surface area (Å²) in [4.78, 5) is 22.2. The third-order valence-electron chi connectivity index (χ3n) is 12.1. The van der Waals surface area contributed by atoms with E-state index < -0.39 is 5.51 Å². The second kappa shape index (κ2) is 26.9. The van der Waals surface area contributed by atoms with Crippen molar-refractivity contribution >= 4 is 69.9 Å². The van der Waals surface area contributed by atoms with Gasteiger partial charge in [-0.25, -0.2) is 0 Å². The number of hydrogen-bond acceptors (Lipinski definition) is 9. The van der Waals surface area contributed by atoms with Crippen LogP contribution < -0.4 is 14.9 Å². The van der Waals surface area contributed by atoms with Crippen LogP contribution in [-0.2, 0) is 4.74 Å². The summed E-state index contributed by atoms with van der Waals surface area (Å²) in [6.45, 7) is 18.7. The quantitative estimate of drug-likeness (QED) is 0.0649. The Morgan fingerprint density at radius 2 is 1.54 bits per heavy atom. The highest BCUT2D eigenvalue weighted by Gasteiger charge is 2.32. The standard InChI is InChI=1S/C35H40ClF3N4OS2.C14H21NOS.C2H6/c1-4-34(2)16-15-30(24-5-9-27(36)10-6-24)26(22-34)23-42-17-19-43(20-18-42)28-11-7-25(8-12-28)33(44)41-46-29-13-14-31(40-3)32(21-29)45-35(37,38)39;1-2-6-14(7-3-1)17-13-5-4-8-15-9-11-16-12-10-15;1-2/h5-14,21,40H,4,15-20,22-23H2,1-3H3,(H,41,44);1-3,6-7H,4-5,8-13H2;1-2H3. The van der Waals surface area contributed by atoms with Crippen LogP contribution in [0.5, 0.6) is 0 Å². The molecule has 4 aromatic carbocycles. The smallest absolute Gasteiger partial charge is 0.387 e. The number of benzene rings is 4. The van der Waals surface area contributed by atoms with Gasteiger partial charge in [-0.2, -0.15) is 13.2 Å². The number of alkyl halides is 3. The molecule has 1 amide bonds. The van der Waals surface area contributed by atoms with E-state index in [-0.39, 0.29) is 22.6 Å². The molecule has 65 heavy (non-hydrogen) atoms. The van der Waals surface area contributed by atoms with E-state index in [4.69, 9.17) is 16.3 Å². The van der Waals surface area contributed by atoms with Crippen LogP contribution in [-0.4, -0.2) is 99.6 Å². The van der Waals surface area contributed by atoms with Crippen LogP contribution in [0.4, 0.5) is 24.5 Å². The minimum absolute atomic E-state index is 0.0515. The third-order valence-corrected chi connectivity index (χ3v) is 15.0. The summed E-state index contributed by atoms with van der Waals surface area (Å²) in [5.41, 5.74) is 2.19. The largest absolute Gasteiger partial charge is 0.446 e. The molecule has 1 aliphatic carbocycles. The minimum atomic E-state index is -4.40. The number of unbranched alkanes of at least 4 members (excludes halogenated alkanes) is 1. The second-order valence-corrected chi connectivity index (χ2v) is 20.1. The lowest BCUT2D eigenvalue weighted by molar-refractivity contribution is -0.0328. The molecule has 0 spiro atoms. The maximum Gasteiger partial charge on any atom is 0.446 e. The van der Waals surface area contributed by atoms with E-state index >= 15 is 0 Å². The van der Waals surface area contributed by atoms with E-state index in [0.717, 1.165) is 94.5 Å². The Bertz CT molecular complexity index is 2060. The fourth-order valence-electron chi connectivity index (χ4n) is 8.14. The van der Waals surface area contributed by atoms with Crippen molar-refractivity contribution in [3.63, 3.8) is 0 Å². The van der Waals surface area contributed by atoms with Gasteiger partial charge < -0.3 is 15.0 Å². The number of piperazine rings is 1. The first kappa shape index (κ1) is 52.7. The summed E-state index contributed by atoms with van der Waals surface area (Å²) in [5, 5.41) is 3.54. The number of ether oxygens (including phenoxy) is 1. The highest BCUT2D eigenvalue weighted by Crippen LogP contribution is 2.45. The van der Waals surface area contributed by atoms with Crippen molar-refractivity contribution in [2.24, 2.45) is 5.41 Å². The van der Waals surface area contributed by atoms with E-state index in [1.54, 1.807) is 36.9 Å². The van der Waals surface area contributed by atoms with Crippen LogP contribution in [0.2, 0.25) is 5.02 Å². The molecule has 2 saturated heterocycles. The maximum atomic E-state index is 13.0. The summed E-state index contributed by atoms with van der Waals surface area (Å²) in [5.74, 6) is 0.925. The van der Waals surface area contributed by atoms with E-state index in [2.05, 4.69) is 81.1 Å². The first-order valence-corrected chi connectivity index (χ1v) is 26.0. The Morgan fingerprint density at radius 3 is 2.18 bits per heavy atom. The molecule has 2 fully saturated rings. The van der Waals surface area contributed by atoms with Crippen molar-refractivity contribution in [2.45, 2.75) is 86.4 Å². The molecular formula is C51H67ClF3N5O2S3. The number of anilines is 2. The molecule has 2 heterocycles. The van der Waals surface area contributed by atoms with Gasteiger partial charge in [0.2, 0.25) is 0 Å². The molecule has 4 aromatic rings. The van der Waals surface area contributed by atoms with Crippen molar-refractivity contribution < 1.29 is 22.7 Å². The van der Waals surface area contributed by atoms with Gasteiger partial charge >= 0.3 is 5.51 Å². The SMILES string of the molecule is CC.CCC1(C)CCC(c2ccc(Cl)cc2)=C(CN2CCN(c3ccc(C(=O)NSc4ccc(NC)c(SC(F)(F)F)c4)cc3)CC2)C1.c1ccc(SCCCCN2CCOCC2)cc1. The fraction of sp³-hybridized carbons (Fsp3) is 0.471. The Hall–Kier alpha value is -3.30. The van der Waals surface area contributed by atoms with Gasteiger partial charge in [0, 0.05) is 89.5 Å². The average Bonchev–Trinajstić information content (AvgIpc) is 3.32. The zero-order valence-corrected chi connectivity index (χ0v) is 41.9. The summed E-state index contributed by atoms with van der Waals surface area (Å²) >= 11 is 8.96. The predicted molar refractivity (Wildman–Crippen MR) is 272 cm³/mol. The Labute approximate surface area is 404 Å². The highest BCUT2D eigenvalue weighted by atomic mass is 35.5. The summed E-state index contributed by atoms with van der Waals surface area (Å²) in [6.07, 6.45) is 7.21. The molecule has 2 N–H and O–H groups in total. The van der Waals surface area contributed by atoms with Gasteiger partial charge in [0.15, 0.2) is 0 Å². The number of nitrogens with zero attached hydrogens (tertiary/aromatic N) is 3. The molecule has 1 unspecified atom stereocenters. The molecule has 1 atom stereocenters. The normalized spacial score (nSPS) is 18.3. The first-order valence-electron chi connectivity index (χ1n) is 23.0. The number of amides is 1. The van der Waals surface area contributed by atoms with Crippen LogP contribution in [0.3, 0.4) is 0 Å². The van der Waals surface area contributed by atoms with Gasteiger partial charge in [-0.3, -0.25) is 19.3 Å². The monoisotopic (exact) mass is 969 g/mol. The average molecular weight is 971 g/mol. The van der Waals surface area contributed by atoms with Crippen LogP contribution >= 0.6 is 47.1 Å². The molecular weight excluding hydrogens is 903 g/mol. The van der Waals surface area contributed by atoms with Crippen molar-refractivity contribution in [1.29, 1.82) is 0 Å². The number of halogens is 4. The number of carbonyl (C=O) groups excluding carboxylic acids is 1. The van der Waals surface area contributed by atoms with Crippen LogP contribution in [0.15, 0.2) is 117 Å². The Morgan fingerprint density at radius 1 is 0.846 bits per heavy atom. The zero-order valence-electron chi connectivity index (χ0n) is 38.7. The van der Waals surface area contributed by atoms with E-state index in [0.29, 0.717) is 21.6 Å². The van der Waals surface area contributed by atoms with Gasteiger partial charge in [-0.05, 0) is 151 Å². The van der Waals surface area contributed by atoms with Gasteiger partial charge in [0.05, 0.1) is 13.2 Å². The van der Waals surface area contributed by atoms with E-state index in [9.17, 15) is 18.0 Å². The number of hydrogen-bond donors (Lipinski definition) is 2. The molecule has 7 rings (SSSR count). The Balaban J connectivity index is 0.000000348. The molecule has 14 heteroatoms. The van der Waals surface area contributed by atoms with E-state index in [1.165, 1.54) is 60.1 Å². The maximum absolute atomic E-state index is 13.0. The highest BCUT2D eigenvalue weighted by molar-refractivity contribution is 8.00. The van der Waals surface area contributed by atoms with Gasteiger partial charge in [0.25, 0.3) is 5.91 Å². The van der Waals surface area contributed by atoms with Crippen molar-refractivity contribution in [3.05, 3.63) is 119 Å². The molecule has 354 valence electrons. The number of rotatable bonds is 16. The predicted octanol–water partition coefficient (Wildman–Crippen LogP) is 13.5. The van der Waals surface area contributed by atoms with Crippen molar-refractivity contribution in [1.82, 2.24) is 14.5 Å². The summed E-state index contributed by atoms with van der Waals surface area (Å²) in [6, 6.07) is 31.1. The molecule has 0 radical (unpaired) electrons. The first-order chi connectivity index (χ1) is 31.4. The van der Waals surface area contributed by atoms with Crippen molar-refractivity contribution in [3.8, 4) is 0 Å². The second-order valence-electron chi connectivity index (χ2n) is 16.6. The summed E-state index contributed by atoms with van der Waals surface area (Å²) in [7, 11) is 1.57. The van der Waals surface area contributed by atoms with Crippen LogP contribution in [0.25, 0.3) is 5.57 Å². The number of allylic oxidation sites excluding steroid dienone is 1. The molecule has 7 nitrogen and oxygen atoms in total. The van der Waals surface area contributed by atoms with Gasteiger partial charge in [-0.1, -0.05) is 81.6 Å². The van der Waals surface area contributed by atoms with Gasteiger partial charge in [0.1, 0.15) is 0 Å². The zero-order chi connectivity index (χ0) is 46.7. The lowest BCUT2D eigenvalue weighted by atomic mass is 9.70. The van der Waals surface area contributed by atoms with Gasteiger partial charge in [-0.15, -0.1) is 11.8 Å². The summed E-state index contributed by atoms with van der Waals surface area (Å²) < 4.78 is 47.0. The third kappa shape index (κ3) is 17.4. The lowest BCUT2D eigenvalue weighted by Crippen LogP contribution is -2.47. The molecule has 0 saturated carbocycles. The van der Waals surface area contributed by atoms with Crippen LogP contribution in [0, 0.1) is 5.41 Å². The molecule has 0 bridgehead atoms. The Kier molecular flexibility index (Phi) is 21.8. The van der Waals surface area contributed by atoms with Crippen molar-refractivity contribution in [2.75, 3.05) is 88.6 Å². The van der Waals surface area contributed by atoms with E-state index in [1.807, 2.05) is 49.9 Å². The number of nitrogens with one attached hydrogen (secondary N) is 2. The molecule has 2 aliphatic heterocycles. The topological polar surface area (TPSA) is 60.1 Å². The molecule has 0 aromatic heterocycles. The number of thioether (sulfide) groups is 2. The number of carbonyl (C=O) groups is 1. The molecule has 3 aliphatic rings. The number of morpholine rings is 1. The minimum Gasteiger partial charge on any atom is -0.387 e. The lowest BCUT2D eigenvalue weighted by Gasteiger charge is -2.40. The fourth-order valence-corrected chi connectivity index (χ4v) is 10.6. The van der Waals surface area contributed by atoms with Crippen LogP contribution in [0.1, 0.15) is 82.1 Å².